The molecule has 0 spiro atoms. The Bertz CT molecular complexity index is 1340. The van der Waals surface area contributed by atoms with Crippen molar-refractivity contribution in [2.24, 2.45) is 0 Å². The van der Waals surface area contributed by atoms with Gasteiger partial charge in [0.25, 0.3) is 10.0 Å². The normalized spacial score (nSPS) is 15.1. The van der Waals surface area contributed by atoms with Crippen molar-refractivity contribution in [3.05, 3.63) is 70.4 Å². The molecule has 0 aliphatic carbocycles. The highest BCUT2D eigenvalue weighted by Crippen LogP contribution is 2.32. The number of nitrogens with one attached hydrogen (secondary N) is 2. The van der Waals surface area contributed by atoms with Crippen LogP contribution < -0.4 is 10.0 Å². The molecule has 1 saturated heterocycles. The fourth-order valence-electron chi connectivity index (χ4n) is 3.44. The summed E-state index contributed by atoms with van der Waals surface area (Å²) in [4.78, 5) is 14.5. The summed E-state index contributed by atoms with van der Waals surface area (Å²) in [5.74, 6) is -3.66. The number of carboxylic acid groups (broad SMARTS) is 1. The summed E-state index contributed by atoms with van der Waals surface area (Å²) in [5.41, 5.74) is 1.33. The van der Waals surface area contributed by atoms with Crippen LogP contribution in [-0.2, 0) is 19.6 Å². The molecule has 9 nitrogen and oxygen atoms in total. The number of carboxylic acids is 1. The number of anilines is 2. The smallest absolute Gasteiger partial charge is 0.475 e. The zero-order valence-electron chi connectivity index (χ0n) is 20.0. The van der Waals surface area contributed by atoms with Gasteiger partial charge in [0.1, 0.15) is 10.7 Å². The molecular formula is C23H23ClF4N4O5S2. The fourth-order valence-corrected chi connectivity index (χ4v) is 5.60. The Balaban J connectivity index is 0.000000532. The Morgan fingerprint density at radius 3 is 2.41 bits per heavy atom. The lowest BCUT2D eigenvalue weighted by Crippen LogP contribution is -2.40. The summed E-state index contributed by atoms with van der Waals surface area (Å²) in [6.07, 6.45) is -3.63. The Morgan fingerprint density at radius 1 is 1.21 bits per heavy atom. The van der Waals surface area contributed by atoms with Gasteiger partial charge in [-0.2, -0.15) is 13.2 Å². The van der Waals surface area contributed by atoms with E-state index < -0.39 is 32.9 Å². The first-order valence-electron chi connectivity index (χ1n) is 11.2. The van der Waals surface area contributed by atoms with E-state index in [4.69, 9.17) is 26.2 Å². The zero-order valence-corrected chi connectivity index (χ0v) is 22.4. The van der Waals surface area contributed by atoms with Gasteiger partial charge < -0.3 is 15.2 Å². The van der Waals surface area contributed by atoms with Crippen molar-refractivity contribution >= 4 is 49.7 Å². The highest BCUT2D eigenvalue weighted by atomic mass is 35.5. The third-order valence-electron chi connectivity index (χ3n) is 5.28. The van der Waals surface area contributed by atoms with Gasteiger partial charge in [-0.25, -0.2) is 22.6 Å². The summed E-state index contributed by atoms with van der Waals surface area (Å²) in [5, 5.41) is 12.3. The number of thiazole rings is 1. The average Bonchev–Trinajstić information content (AvgIpc) is 3.39. The number of hydrogen-bond acceptors (Lipinski definition) is 8. The zero-order chi connectivity index (χ0) is 28.6. The standard InChI is InChI=1S/C21H22ClFN4O3S2.C2HF3O2/c22-16-12-20(32(28,29)26-21-24-6-11-31-21)17(23)13-18(16)25-19(15-4-2-1-3-5-15)14-27-7-9-30-10-8-27;3-2(4,5)1(6)7/h1-6,11-13,19,25H,7-10,14H2,(H,24,26);(H,6,7)/t19-;/m1./s1. The van der Waals surface area contributed by atoms with E-state index in [1.165, 1.54) is 6.20 Å². The minimum Gasteiger partial charge on any atom is -0.475 e. The van der Waals surface area contributed by atoms with Gasteiger partial charge in [-0.05, 0) is 17.7 Å². The summed E-state index contributed by atoms with van der Waals surface area (Å²) in [6.45, 7) is 3.58. The van der Waals surface area contributed by atoms with E-state index in [0.717, 1.165) is 42.1 Å². The monoisotopic (exact) mass is 610 g/mol. The largest absolute Gasteiger partial charge is 0.490 e. The molecule has 1 aromatic heterocycles. The maximum atomic E-state index is 14.9. The Kier molecular flexibility index (Phi) is 10.5. The van der Waals surface area contributed by atoms with Crippen LogP contribution in [0.2, 0.25) is 5.02 Å². The number of carbonyl (C=O) groups is 1. The molecule has 1 aliphatic rings. The molecule has 3 aromatic rings. The van der Waals surface area contributed by atoms with Crippen LogP contribution in [-0.4, -0.2) is 68.4 Å². The predicted molar refractivity (Wildman–Crippen MR) is 138 cm³/mol. The summed E-state index contributed by atoms with van der Waals surface area (Å²) in [6, 6.07) is 11.8. The number of rotatable bonds is 8. The molecule has 0 unspecified atom stereocenters. The number of alkyl halides is 3. The van der Waals surface area contributed by atoms with E-state index in [2.05, 4.69) is 19.9 Å². The lowest BCUT2D eigenvalue weighted by molar-refractivity contribution is -0.192. The molecule has 3 N–H and O–H groups in total. The van der Waals surface area contributed by atoms with Crippen LogP contribution in [0.1, 0.15) is 11.6 Å². The van der Waals surface area contributed by atoms with Gasteiger partial charge in [-0.1, -0.05) is 41.9 Å². The Hall–Kier alpha value is -2.98. The molecule has 2 heterocycles. The quantitative estimate of drug-likeness (QED) is 0.310. The van der Waals surface area contributed by atoms with Crippen LogP contribution in [0.3, 0.4) is 0 Å². The van der Waals surface area contributed by atoms with E-state index in [9.17, 15) is 26.0 Å². The number of aromatic nitrogens is 1. The van der Waals surface area contributed by atoms with Crippen LogP contribution >= 0.6 is 22.9 Å². The first-order valence-corrected chi connectivity index (χ1v) is 13.9. The highest BCUT2D eigenvalue weighted by molar-refractivity contribution is 7.93. The maximum absolute atomic E-state index is 14.9. The predicted octanol–water partition coefficient (Wildman–Crippen LogP) is 4.86. The van der Waals surface area contributed by atoms with E-state index in [-0.39, 0.29) is 16.2 Å². The number of aliphatic carboxylic acids is 1. The van der Waals surface area contributed by atoms with Gasteiger partial charge in [-0.15, -0.1) is 11.3 Å². The average molecular weight is 611 g/mol. The number of ether oxygens (including phenoxy) is 1. The topological polar surface area (TPSA) is 121 Å². The number of hydrogen-bond donors (Lipinski definition) is 3. The first kappa shape index (κ1) is 30.6. The molecule has 39 heavy (non-hydrogen) atoms. The minimum atomic E-state index is -5.08. The van der Waals surface area contributed by atoms with Crippen molar-refractivity contribution in [1.29, 1.82) is 0 Å². The summed E-state index contributed by atoms with van der Waals surface area (Å²) >= 11 is 7.49. The second-order valence-corrected chi connectivity index (χ2v) is 11.0. The SMILES string of the molecule is O=C(O)C(F)(F)F.O=S(=O)(Nc1nccs1)c1cc(Cl)c(N[C@H](CN2CCOCC2)c2ccccc2)cc1F. The molecule has 1 atom stereocenters. The van der Waals surface area contributed by atoms with Gasteiger partial charge in [0, 0.05) is 31.2 Å². The highest BCUT2D eigenvalue weighted by Gasteiger charge is 2.38. The van der Waals surface area contributed by atoms with Crippen molar-refractivity contribution in [3.63, 3.8) is 0 Å². The minimum absolute atomic E-state index is 0.105. The van der Waals surface area contributed by atoms with Gasteiger partial charge in [0.15, 0.2) is 5.13 Å². The third kappa shape index (κ3) is 9.03. The molecule has 0 radical (unpaired) electrons. The van der Waals surface area contributed by atoms with E-state index >= 15 is 0 Å². The molecule has 0 amide bonds. The lowest BCUT2D eigenvalue weighted by atomic mass is 10.1. The first-order chi connectivity index (χ1) is 18.4. The van der Waals surface area contributed by atoms with Gasteiger partial charge in [0.05, 0.1) is 30.0 Å². The number of nitrogens with zero attached hydrogens (tertiary/aromatic N) is 2. The molecule has 4 rings (SSSR count). The fraction of sp³-hybridized carbons (Fsp3) is 0.304. The van der Waals surface area contributed by atoms with Gasteiger partial charge >= 0.3 is 12.1 Å². The maximum Gasteiger partial charge on any atom is 0.490 e. The molecule has 2 aromatic carbocycles. The van der Waals surface area contributed by atoms with Crippen LogP contribution in [0, 0.1) is 5.82 Å². The number of sulfonamides is 1. The molecular weight excluding hydrogens is 588 g/mol. The van der Waals surface area contributed by atoms with Crippen LogP contribution in [0.5, 0.6) is 0 Å². The van der Waals surface area contributed by atoms with Crippen molar-refractivity contribution < 1.29 is 40.6 Å². The Morgan fingerprint density at radius 2 is 1.85 bits per heavy atom. The van der Waals surface area contributed by atoms with Crippen molar-refractivity contribution in [3.8, 4) is 0 Å². The summed E-state index contributed by atoms with van der Waals surface area (Å²) in [7, 11) is -4.17. The summed E-state index contributed by atoms with van der Waals surface area (Å²) < 4.78 is 79.5. The van der Waals surface area contributed by atoms with Crippen molar-refractivity contribution in [2.45, 2.75) is 17.1 Å². The Labute approximate surface area is 230 Å². The van der Waals surface area contributed by atoms with Gasteiger partial charge in [-0.3, -0.25) is 9.62 Å². The molecule has 1 fully saturated rings. The molecule has 212 valence electrons. The van der Waals surface area contributed by atoms with Crippen LogP contribution in [0.15, 0.2) is 58.9 Å². The van der Waals surface area contributed by atoms with Crippen molar-refractivity contribution in [2.75, 3.05) is 42.9 Å². The van der Waals surface area contributed by atoms with E-state index in [1.54, 1.807) is 5.38 Å². The molecule has 0 bridgehead atoms. The molecule has 16 heteroatoms. The third-order valence-corrected chi connectivity index (χ3v) is 7.77. The van der Waals surface area contributed by atoms with Crippen LogP contribution in [0.25, 0.3) is 0 Å². The van der Waals surface area contributed by atoms with E-state index in [1.807, 2.05) is 30.3 Å². The lowest BCUT2D eigenvalue weighted by Gasteiger charge is -2.31. The van der Waals surface area contributed by atoms with Crippen LogP contribution in [0.4, 0.5) is 28.4 Å². The second-order valence-electron chi connectivity index (χ2n) is 8.03. The van der Waals surface area contributed by atoms with Crippen molar-refractivity contribution in [1.82, 2.24) is 9.88 Å². The number of morpholine rings is 1. The molecule has 0 saturated carbocycles. The van der Waals surface area contributed by atoms with E-state index in [0.29, 0.717) is 25.4 Å². The number of halogens is 5. The second kappa shape index (κ2) is 13.4. The molecule has 1 aliphatic heterocycles. The number of benzene rings is 2. The van der Waals surface area contributed by atoms with Gasteiger partial charge in [0.2, 0.25) is 0 Å².